The summed E-state index contributed by atoms with van der Waals surface area (Å²) in [5, 5.41) is 25.6. The molecule has 0 spiro atoms. The van der Waals surface area contributed by atoms with Crippen molar-refractivity contribution in [2.75, 3.05) is 24.0 Å². The van der Waals surface area contributed by atoms with Crippen LogP contribution in [-0.2, 0) is 24.8 Å². The Labute approximate surface area is 209 Å². The van der Waals surface area contributed by atoms with E-state index in [1.54, 1.807) is 6.07 Å². The molecular weight excluding hydrogens is 538 g/mol. The topological polar surface area (TPSA) is 187 Å². The van der Waals surface area contributed by atoms with Crippen LogP contribution in [0.1, 0.15) is 17.4 Å². The van der Waals surface area contributed by atoms with Crippen molar-refractivity contribution in [2.45, 2.75) is 30.8 Å². The predicted octanol–water partition coefficient (Wildman–Crippen LogP) is 1.58. The third kappa shape index (κ3) is 4.97. The van der Waals surface area contributed by atoms with Crippen LogP contribution in [0.15, 0.2) is 36.5 Å². The van der Waals surface area contributed by atoms with Gasteiger partial charge < -0.3 is 39.1 Å². The molecule has 36 heavy (non-hydrogen) atoms. The molecule has 1 fully saturated rings. The van der Waals surface area contributed by atoms with Crippen molar-refractivity contribution in [1.82, 2.24) is 14.6 Å². The monoisotopic (exact) mass is 560 g/mol. The summed E-state index contributed by atoms with van der Waals surface area (Å²) in [7, 11) is -9.49. The number of hydrogen-bond acceptors (Lipinski definition) is 9. The lowest BCUT2D eigenvalue weighted by Gasteiger charge is -2.21. The number of benzene rings is 1. The van der Waals surface area contributed by atoms with E-state index in [-0.39, 0.29) is 10.8 Å². The molecule has 0 saturated carbocycles. The van der Waals surface area contributed by atoms with Gasteiger partial charge in [0.25, 0.3) is 0 Å². The Balaban J connectivity index is 1.41. The lowest BCUT2D eigenvalue weighted by atomic mass is 10.1. The molecule has 1 aromatic carbocycles. The standard InChI is InChI=1S/C20H23ClN4O9P2/c21-16-7-13(24-6-5-11-3-1-2-4-12(11)24)20-22-8-14(25(20)23-16)19-18(27)17(26)15(34-19)9-33-36(31,32)10-35(28,29)30/h1-4,7-8,15,17-19,26-27H,5-6,9-10H2,(H,31,32)(H2,28,29,30)/t15-,17-,18-,19+/m1/s1. The lowest BCUT2D eigenvalue weighted by molar-refractivity contribution is -0.0204. The second-order valence-corrected chi connectivity index (χ2v) is 13.0. The number of ether oxygens (including phenoxy) is 1. The van der Waals surface area contributed by atoms with Gasteiger partial charge in [-0.3, -0.25) is 9.13 Å². The molecule has 2 aliphatic rings. The van der Waals surface area contributed by atoms with E-state index in [9.17, 15) is 24.2 Å². The van der Waals surface area contributed by atoms with Crippen molar-refractivity contribution in [3.8, 4) is 0 Å². The van der Waals surface area contributed by atoms with Crippen molar-refractivity contribution in [3.05, 3.63) is 52.9 Å². The summed E-state index contributed by atoms with van der Waals surface area (Å²) < 4.78 is 34.9. The highest BCUT2D eigenvalue weighted by Crippen LogP contribution is 2.55. The Hall–Kier alpha value is -1.89. The van der Waals surface area contributed by atoms with Crippen LogP contribution >= 0.6 is 26.8 Å². The molecule has 16 heteroatoms. The quantitative estimate of drug-likeness (QED) is 0.263. The molecule has 4 heterocycles. The number of aliphatic hydroxyl groups excluding tert-OH is 2. The smallest absolute Gasteiger partial charge is 0.340 e. The number of anilines is 2. The number of hydrogen-bond donors (Lipinski definition) is 5. The fourth-order valence-electron chi connectivity index (χ4n) is 4.52. The number of fused-ring (bicyclic) bond motifs is 2. The summed E-state index contributed by atoms with van der Waals surface area (Å²) in [5.74, 6) is -1.38. The Morgan fingerprint density at radius 2 is 1.89 bits per heavy atom. The fourth-order valence-corrected chi connectivity index (χ4v) is 7.26. The van der Waals surface area contributed by atoms with E-state index in [1.807, 2.05) is 24.3 Å². The Kier molecular flexibility index (Phi) is 6.76. The average Bonchev–Trinajstić information content (AvgIpc) is 3.47. The third-order valence-electron chi connectivity index (χ3n) is 6.08. The van der Waals surface area contributed by atoms with Crippen molar-refractivity contribution >= 4 is 43.8 Å². The van der Waals surface area contributed by atoms with Gasteiger partial charge in [-0.05, 0) is 18.1 Å². The van der Waals surface area contributed by atoms with Crippen LogP contribution in [0.2, 0.25) is 5.15 Å². The first-order chi connectivity index (χ1) is 16.9. The van der Waals surface area contributed by atoms with E-state index >= 15 is 0 Å². The molecule has 5 atom stereocenters. The van der Waals surface area contributed by atoms with Gasteiger partial charge in [0, 0.05) is 18.3 Å². The molecule has 3 aromatic rings. The number of rotatable bonds is 7. The Morgan fingerprint density at radius 3 is 2.64 bits per heavy atom. The molecule has 13 nitrogen and oxygen atoms in total. The maximum absolute atomic E-state index is 11.9. The van der Waals surface area contributed by atoms with Crippen molar-refractivity contribution < 1.29 is 43.3 Å². The number of aliphatic hydroxyl groups is 2. The predicted molar refractivity (Wildman–Crippen MR) is 127 cm³/mol. The number of imidazole rings is 1. The summed E-state index contributed by atoms with van der Waals surface area (Å²) in [6, 6.07) is 9.63. The molecule has 1 saturated heterocycles. The van der Waals surface area contributed by atoms with Crippen LogP contribution in [0.5, 0.6) is 0 Å². The summed E-state index contributed by atoms with van der Waals surface area (Å²) in [6.07, 6.45) is -3.15. The minimum Gasteiger partial charge on any atom is -0.387 e. The van der Waals surface area contributed by atoms with Gasteiger partial charge in [0.1, 0.15) is 24.4 Å². The van der Waals surface area contributed by atoms with Crippen LogP contribution < -0.4 is 4.90 Å². The average molecular weight is 561 g/mol. The molecule has 0 bridgehead atoms. The lowest BCUT2D eigenvalue weighted by Crippen LogP contribution is -2.33. The SMILES string of the molecule is O=P(O)(O)CP(=O)(O)OC[C@H]1O[C@@H](c2cnc3c(N4CCc5ccccc54)cc(Cl)nn23)[C@H](O)[C@@H]1O. The van der Waals surface area contributed by atoms with Gasteiger partial charge in [0.15, 0.2) is 16.7 Å². The Bertz CT molecular complexity index is 1400. The highest BCUT2D eigenvalue weighted by Gasteiger charge is 2.46. The zero-order valence-electron chi connectivity index (χ0n) is 18.5. The van der Waals surface area contributed by atoms with E-state index in [1.165, 1.54) is 16.3 Å². The minimum atomic E-state index is -4.82. The second kappa shape index (κ2) is 9.45. The van der Waals surface area contributed by atoms with E-state index in [2.05, 4.69) is 15.0 Å². The summed E-state index contributed by atoms with van der Waals surface area (Å²) in [6.45, 7) is 0.0112. The molecule has 2 aliphatic heterocycles. The zero-order valence-corrected chi connectivity index (χ0v) is 21.1. The molecule has 2 aromatic heterocycles. The van der Waals surface area contributed by atoms with Gasteiger partial charge in [0.05, 0.1) is 24.2 Å². The van der Waals surface area contributed by atoms with Crippen molar-refractivity contribution in [3.63, 3.8) is 0 Å². The highest BCUT2D eigenvalue weighted by molar-refractivity contribution is 7.70. The highest BCUT2D eigenvalue weighted by atomic mass is 35.5. The maximum Gasteiger partial charge on any atom is 0.340 e. The van der Waals surface area contributed by atoms with Crippen molar-refractivity contribution in [1.29, 1.82) is 0 Å². The molecule has 0 radical (unpaired) electrons. The number of aromatic nitrogens is 3. The summed E-state index contributed by atoms with van der Waals surface area (Å²) in [5.41, 5.74) is 3.60. The van der Waals surface area contributed by atoms with E-state index in [4.69, 9.17) is 30.6 Å². The molecule has 0 aliphatic carbocycles. The zero-order chi connectivity index (χ0) is 25.8. The van der Waals surface area contributed by atoms with Gasteiger partial charge in [-0.25, -0.2) is 9.50 Å². The van der Waals surface area contributed by atoms with E-state index in [0.29, 0.717) is 17.9 Å². The minimum absolute atomic E-state index is 0.160. The first kappa shape index (κ1) is 25.7. The van der Waals surface area contributed by atoms with E-state index in [0.717, 1.165) is 12.1 Å². The molecule has 5 N–H and O–H groups in total. The van der Waals surface area contributed by atoms with Crippen LogP contribution in [0.3, 0.4) is 0 Å². The van der Waals surface area contributed by atoms with Crippen LogP contribution in [0, 0.1) is 0 Å². The summed E-state index contributed by atoms with van der Waals surface area (Å²) in [4.78, 5) is 34.1. The van der Waals surface area contributed by atoms with Crippen molar-refractivity contribution in [2.24, 2.45) is 0 Å². The molecule has 5 rings (SSSR count). The molecule has 1 unspecified atom stereocenters. The van der Waals surface area contributed by atoms with Gasteiger partial charge in [-0.15, -0.1) is 0 Å². The molecular formula is C20H23ClN4O9P2. The first-order valence-electron chi connectivity index (χ1n) is 10.9. The largest absolute Gasteiger partial charge is 0.387 e. The fraction of sp³-hybridized carbons (Fsp3) is 0.400. The number of nitrogens with zero attached hydrogens (tertiary/aromatic N) is 4. The van der Waals surface area contributed by atoms with Gasteiger partial charge in [-0.1, -0.05) is 29.8 Å². The normalized spacial score (nSPS) is 25.9. The maximum atomic E-state index is 11.9. The number of para-hydroxylation sites is 1. The molecule has 194 valence electrons. The van der Waals surface area contributed by atoms with Crippen LogP contribution in [-0.4, -0.2) is 76.9 Å². The third-order valence-corrected chi connectivity index (χ3v) is 9.72. The summed E-state index contributed by atoms with van der Waals surface area (Å²) >= 11 is 6.33. The van der Waals surface area contributed by atoms with Gasteiger partial charge in [-0.2, -0.15) is 5.10 Å². The van der Waals surface area contributed by atoms with Gasteiger partial charge in [0.2, 0.25) is 0 Å². The number of halogens is 1. The second-order valence-electron chi connectivity index (χ2n) is 8.62. The first-order valence-corrected chi connectivity index (χ1v) is 14.8. The van der Waals surface area contributed by atoms with Crippen LogP contribution in [0.4, 0.5) is 11.4 Å². The van der Waals surface area contributed by atoms with E-state index < -0.39 is 52.1 Å². The van der Waals surface area contributed by atoms with Gasteiger partial charge >= 0.3 is 15.2 Å². The molecule has 0 amide bonds. The van der Waals surface area contributed by atoms with Crippen LogP contribution in [0.25, 0.3) is 5.65 Å². The Morgan fingerprint density at radius 1 is 1.14 bits per heavy atom.